The maximum atomic E-state index is 12.3. The number of hydrogen-bond donors (Lipinski definition) is 2. The fraction of sp³-hybridized carbons (Fsp3) is 0.632. The Morgan fingerprint density at radius 3 is 2.77 bits per heavy atom. The van der Waals surface area contributed by atoms with Crippen LogP contribution in [-0.2, 0) is 14.4 Å². The van der Waals surface area contributed by atoms with Crippen LogP contribution in [0, 0.1) is 0 Å². The Morgan fingerprint density at radius 2 is 2.03 bits per heavy atom. The van der Waals surface area contributed by atoms with Gasteiger partial charge in [-0.1, -0.05) is 30.3 Å². The van der Waals surface area contributed by atoms with Crippen LogP contribution in [0.25, 0.3) is 0 Å². The van der Waals surface area contributed by atoms with E-state index in [9.17, 15) is 14.4 Å². The van der Waals surface area contributed by atoms with Crippen LogP contribution in [0.5, 0.6) is 0 Å². The van der Waals surface area contributed by atoms with E-state index in [1.165, 1.54) is 11.8 Å². The highest BCUT2D eigenvalue weighted by molar-refractivity contribution is 7.99. The zero-order chi connectivity index (χ0) is 21.5. The lowest BCUT2D eigenvalue weighted by Crippen LogP contribution is -2.48. The largest absolute Gasteiger partial charge is 0.354 e. The molecule has 0 bridgehead atoms. The van der Waals surface area contributed by atoms with E-state index in [0.717, 1.165) is 12.8 Å². The van der Waals surface area contributed by atoms with Gasteiger partial charge in [-0.15, -0.1) is 0 Å². The van der Waals surface area contributed by atoms with Crippen molar-refractivity contribution in [3.8, 4) is 0 Å². The van der Waals surface area contributed by atoms with E-state index in [1.54, 1.807) is 6.07 Å². The van der Waals surface area contributed by atoms with Crippen molar-refractivity contribution in [3.63, 3.8) is 0 Å². The van der Waals surface area contributed by atoms with Gasteiger partial charge in [0, 0.05) is 45.2 Å². The molecule has 0 radical (unpaired) electrons. The summed E-state index contributed by atoms with van der Waals surface area (Å²) < 4.78 is 0. The summed E-state index contributed by atoms with van der Waals surface area (Å²) in [6, 6.07) is 1.21. The van der Waals surface area contributed by atoms with Crippen molar-refractivity contribution >= 4 is 46.9 Å². The number of aromatic nitrogens is 2. The van der Waals surface area contributed by atoms with Crippen LogP contribution in [-0.4, -0.2) is 77.1 Å². The first-order chi connectivity index (χ1) is 14.5. The van der Waals surface area contributed by atoms with Gasteiger partial charge in [0.1, 0.15) is 17.0 Å². The summed E-state index contributed by atoms with van der Waals surface area (Å²) in [4.78, 5) is 48.7. The molecular weight excluding hydrogens is 428 g/mol. The van der Waals surface area contributed by atoms with Crippen molar-refractivity contribution in [3.05, 3.63) is 11.2 Å². The van der Waals surface area contributed by atoms with Crippen LogP contribution >= 0.6 is 23.4 Å². The summed E-state index contributed by atoms with van der Waals surface area (Å²) >= 11 is 7.35. The first-order valence-electron chi connectivity index (χ1n) is 10.2. The van der Waals surface area contributed by atoms with Crippen LogP contribution in [0.2, 0.25) is 5.15 Å². The number of amides is 3. The van der Waals surface area contributed by atoms with E-state index in [4.69, 9.17) is 11.6 Å². The molecule has 2 aliphatic rings. The first kappa shape index (κ1) is 22.6. The molecule has 1 atom stereocenters. The van der Waals surface area contributed by atoms with Crippen LogP contribution < -0.4 is 15.5 Å². The van der Waals surface area contributed by atoms with E-state index in [1.807, 2.05) is 11.8 Å². The molecule has 3 amide bonds. The minimum absolute atomic E-state index is 0.0995. The molecule has 2 fully saturated rings. The number of carbonyl (C=O) groups excluding carboxylic acids is 3. The fourth-order valence-electron chi connectivity index (χ4n) is 3.46. The van der Waals surface area contributed by atoms with E-state index < -0.39 is 6.04 Å². The molecule has 1 aromatic rings. The van der Waals surface area contributed by atoms with E-state index in [2.05, 4.69) is 25.5 Å². The highest BCUT2D eigenvalue weighted by Crippen LogP contribution is 2.23. The molecule has 3 heterocycles. The fourth-order valence-corrected chi connectivity index (χ4v) is 4.36. The van der Waals surface area contributed by atoms with E-state index >= 15 is 0 Å². The third-order valence-electron chi connectivity index (χ3n) is 5.12. The number of carbonyl (C=O) groups is 3. The minimum Gasteiger partial charge on any atom is -0.354 e. The molecule has 3 rings (SSSR count). The Balaban J connectivity index is 1.54. The molecule has 2 aliphatic heterocycles. The average Bonchev–Trinajstić information content (AvgIpc) is 2.95. The molecule has 0 aliphatic carbocycles. The normalized spacial score (nSPS) is 19.8. The van der Waals surface area contributed by atoms with Crippen LogP contribution in [0.1, 0.15) is 32.6 Å². The first-order valence-corrected chi connectivity index (χ1v) is 11.6. The summed E-state index contributed by atoms with van der Waals surface area (Å²) in [5.74, 6) is 0.568. The molecule has 9 nitrogen and oxygen atoms in total. The molecule has 0 spiro atoms. The second-order valence-corrected chi connectivity index (χ2v) is 8.58. The van der Waals surface area contributed by atoms with Gasteiger partial charge in [0.05, 0.1) is 5.75 Å². The third kappa shape index (κ3) is 6.21. The van der Waals surface area contributed by atoms with Gasteiger partial charge in [0.2, 0.25) is 17.7 Å². The zero-order valence-electron chi connectivity index (χ0n) is 17.0. The lowest BCUT2D eigenvalue weighted by molar-refractivity contribution is -0.131. The highest BCUT2D eigenvalue weighted by atomic mass is 35.5. The number of thioether (sulfide) groups is 1. The molecule has 1 unspecified atom stereocenters. The molecule has 2 saturated heterocycles. The van der Waals surface area contributed by atoms with Gasteiger partial charge in [0.15, 0.2) is 5.16 Å². The van der Waals surface area contributed by atoms with Gasteiger partial charge in [-0.3, -0.25) is 14.4 Å². The summed E-state index contributed by atoms with van der Waals surface area (Å²) in [5.41, 5.74) is 0. The maximum absolute atomic E-state index is 12.3. The lowest BCUT2D eigenvalue weighted by Gasteiger charge is -2.35. The van der Waals surface area contributed by atoms with E-state index in [0.29, 0.717) is 61.7 Å². The Labute approximate surface area is 185 Å². The van der Waals surface area contributed by atoms with Gasteiger partial charge in [-0.2, -0.15) is 0 Å². The maximum Gasteiger partial charge on any atom is 0.242 e. The Hall–Kier alpha value is -2.07. The van der Waals surface area contributed by atoms with Gasteiger partial charge in [-0.25, -0.2) is 9.97 Å². The van der Waals surface area contributed by atoms with Crippen molar-refractivity contribution in [2.75, 3.05) is 43.4 Å². The van der Waals surface area contributed by atoms with Crippen LogP contribution in [0.4, 0.5) is 5.82 Å². The molecule has 0 aromatic carbocycles. The summed E-state index contributed by atoms with van der Waals surface area (Å²) in [5, 5.41) is 6.30. The molecule has 30 heavy (non-hydrogen) atoms. The van der Waals surface area contributed by atoms with Crippen molar-refractivity contribution < 1.29 is 14.4 Å². The Kier molecular flexibility index (Phi) is 8.15. The van der Waals surface area contributed by atoms with Gasteiger partial charge in [-0.05, 0) is 19.3 Å². The highest BCUT2D eigenvalue weighted by Gasteiger charge is 2.24. The second-order valence-electron chi connectivity index (χ2n) is 7.25. The van der Waals surface area contributed by atoms with Crippen molar-refractivity contribution in [1.82, 2.24) is 25.5 Å². The van der Waals surface area contributed by atoms with Crippen LogP contribution in [0.3, 0.4) is 0 Å². The number of hydrogen-bond acceptors (Lipinski definition) is 7. The minimum atomic E-state index is -0.487. The smallest absolute Gasteiger partial charge is 0.242 e. The summed E-state index contributed by atoms with van der Waals surface area (Å²) in [6.07, 6.45) is 2.97. The van der Waals surface area contributed by atoms with E-state index in [-0.39, 0.29) is 23.5 Å². The molecule has 1 aromatic heterocycles. The number of nitrogens with one attached hydrogen (secondary N) is 2. The van der Waals surface area contributed by atoms with Crippen molar-refractivity contribution in [2.24, 2.45) is 0 Å². The Morgan fingerprint density at radius 1 is 1.27 bits per heavy atom. The van der Waals surface area contributed by atoms with Gasteiger partial charge >= 0.3 is 0 Å². The van der Waals surface area contributed by atoms with Crippen molar-refractivity contribution in [1.29, 1.82) is 0 Å². The SMILES string of the molecule is CCC(=O)N1CCN(c2cc(Cl)nc(SCC(=O)NC3CCCCNC3=O)n2)CC1. The topological polar surface area (TPSA) is 108 Å². The van der Waals surface area contributed by atoms with Crippen LogP contribution in [0.15, 0.2) is 11.2 Å². The Bertz CT molecular complexity index is 788. The lowest BCUT2D eigenvalue weighted by atomic mass is 10.1. The molecule has 11 heteroatoms. The molecule has 2 N–H and O–H groups in total. The van der Waals surface area contributed by atoms with Gasteiger partial charge < -0.3 is 20.4 Å². The predicted molar refractivity (Wildman–Crippen MR) is 116 cm³/mol. The number of rotatable bonds is 6. The molecule has 0 saturated carbocycles. The standard InChI is InChI=1S/C19H27ClN6O3S/c1-2-17(28)26-9-7-25(8-10-26)15-11-14(20)23-19(24-15)30-12-16(27)22-13-5-3-4-6-21-18(13)29/h11,13H,2-10,12H2,1H3,(H,21,29)(H,22,27). The summed E-state index contributed by atoms with van der Waals surface area (Å²) in [7, 11) is 0. The number of nitrogens with zero attached hydrogens (tertiary/aromatic N) is 4. The molecule has 164 valence electrons. The quantitative estimate of drug-likeness (QED) is 0.376. The predicted octanol–water partition coefficient (Wildman–Crippen LogP) is 1.07. The number of halogens is 1. The molecular formula is C19H27ClN6O3S. The number of piperazine rings is 1. The summed E-state index contributed by atoms with van der Waals surface area (Å²) in [6.45, 7) is 5.13. The van der Waals surface area contributed by atoms with Crippen molar-refractivity contribution in [2.45, 2.75) is 43.8 Å². The van der Waals surface area contributed by atoms with Gasteiger partial charge in [0.25, 0.3) is 0 Å². The zero-order valence-corrected chi connectivity index (χ0v) is 18.6. The second kappa shape index (κ2) is 10.8. The average molecular weight is 455 g/mol. The monoisotopic (exact) mass is 454 g/mol. The number of anilines is 1. The third-order valence-corrected chi connectivity index (χ3v) is 6.16.